The number of urea groups is 1. The number of hydrogen-bond donors (Lipinski definition) is 2. The Morgan fingerprint density at radius 3 is 2.76 bits per heavy atom. The average molecular weight is 316 g/mol. The highest BCUT2D eigenvalue weighted by Crippen LogP contribution is 2.26. The van der Waals surface area contributed by atoms with E-state index in [2.05, 4.69) is 12.2 Å². The van der Waals surface area contributed by atoms with Gasteiger partial charge in [-0.1, -0.05) is 13.8 Å². The van der Waals surface area contributed by atoms with E-state index in [1.165, 1.54) is 0 Å². The van der Waals surface area contributed by atoms with E-state index >= 15 is 0 Å². The molecule has 6 heteroatoms. The normalized spacial score (nSPS) is 21.7. The van der Waals surface area contributed by atoms with Crippen LogP contribution < -0.4 is 5.32 Å². The largest absolute Gasteiger partial charge is 0.481 e. The standard InChI is InChI=1S/C15H28N2O3S/c1-4-21-10-12(3)16-15(20)17-7-5-6-13(9-17)11(2)8-14(18)19/h11-13H,4-10H2,1-3H3,(H,16,20)(H,18,19). The summed E-state index contributed by atoms with van der Waals surface area (Å²) in [5, 5.41) is 11.9. The third kappa shape index (κ3) is 6.59. The first kappa shape index (κ1) is 18.1. The fourth-order valence-electron chi connectivity index (χ4n) is 2.74. The van der Waals surface area contributed by atoms with Gasteiger partial charge in [-0.15, -0.1) is 0 Å². The summed E-state index contributed by atoms with van der Waals surface area (Å²) in [4.78, 5) is 24.9. The Kier molecular flexibility index (Phi) is 7.93. The molecule has 2 amide bonds. The molecule has 1 heterocycles. The molecule has 1 aliphatic heterocycles. The first-order valence-electron chi connectivity index (χ1n) is 7.79. The van der Waals surface area contributed by atoms with Gasteiger partial charge in [-0.3, -0.25) is 4.79 Å². The Bertz CT molecular complexity index is 352. The number of carboxylic acid groups (broad SMARTS) is 1. The molecule has 1 rings (SSSR count). The number of nitrogens with zero attached hydrogens (tertiary/aromatic N) is 1. The summed E-state index contributed by atoms with van der Waals surface area (Å²) < 4.78 is 0. The minimum absolute atomic E-state index is 0.00794. The van der Waals surface area contributed by atoms with Crippen LogP contribution in [0.2, 0.25) is 0 Å². The monoisotopic (exact) mass is 316 g/mol. The molecule has 3 atom stereocenters. The quantitative estimate of drug-likeness (QED) is 0.757. The van der Waals surface area contributed by atoms with Crippen molar-refractivity contribution in [3.8, 4) is 0 Å². The predicted molar refractivity (Wildman–Crippen MR) is 86.7 cm³/mol. The van der Waals surface area contributed by atoms with Gasteiger partial charge in [0.25, 0.3) is 0 Å². The highest BCUT2D eigenvalue weighted by molar-refractivity contribution is 7.99. The number of rotatable bonds is 7. The molecule has 21 heavy (non-hydrogen) atoms. The fourth-order valence-corrected chi connectivity index (χ4v) is 3.41. The van der Waals surface area contributed by atoms with Crippen molar-refractivity contribution < 1.29 is 14.7 Å². The number of piperidine rings is 1. The Hall–Kier alpha value is -0.910. The van der Waals surface area contributed by atoms with Crippen molar-refractivity contribution in [3.63, 3.8) is 0 Å². The molecule has 0 spiro atoms. The van der Waals surface area contributed by atoms with E-state index in [1.807, 2.05) is 30.5 Å². The van der Waals surface area contributed by atoms with Crippen molar-refractivity contribution in [1.82, 2.24) is 10.2 Å². The van der Waals surface area contributed by atoms with Gasteiger partial charge < -0.3 is 15.3 Å². The number of likely N-dealkylation sites (tertiary alicyclic amines) is 1. The maximum Gasteiger partial charge on any atom is 0.317 e. The van der Waals surface area contributed by atoms with Gasteiger partial charge in [-0.25, -0.2) is 4.79 Å². The van der Waals surface area contributed by atoms with Crippen LogP contribution in [0.4, 0.5) is 4.79 Å². The Labute approximate surface area is 131 Å². The summed E-state index contributed by atoms with van der Waals surface area (Å²) in [7, 11) is 0. The zero-order valence-corrected chi connectivity index (χ0v) is 14.1. The van der Waals surface area contributed by atoms with Crippen LogP contribution in [-0.4, -0.2) is 52.6 Å². The zero-order chi connectivity index (χ0) is 15.8. The van der Waals surface area contributed by atoms with Gasteiger partial charge in [0.1, 0.15) is 0 Å². The minimum atomic E-state index is -0.755. The van der Waals surface area contributed by atoms with Crippen LogP contribution in [0.25, 0.3) is 0 Å². The molecule has 3 unspecified atom stereocenters. The van der Waals surface area contributed by atoms with Crippen molar-refractivity contribution in [3.05, 3.63) is 0 Å². The lowest BCUT2D eigenvalue weighted by Crippen LogP contribution is -2.49. The first-order valence-corrected chi connectivity index (χ1v) is 8.94. The molecule has 0 aromatic carbocycles. The van der Waals surface area contributed by atoms with Crippen LogP contribution in [0, 0.1) is 11.8 Å². The molecule has 1 aliphatic rings. The molecule has 0 radical (unpaired) electrons. The highest BCUT2D eigenvalue weighted by atomic mass is 32.2. The summed E-state index contributed by atoms with van der Waals surface area (Å²) in [6, 6.07) is 0.158. The van der Waals surface area contributed by atoms with Gasteiger partial charge in [0.05, 0.1) is 0 Å². The van der Waals surface area contributed by atoms with Gasteiger partial charge in [0.15, 0.2) is 0 Å². The van der Waals surface area contributed by atoms with Crippen molar-refractivity contribution >= 4 is 23.8 Å². The molecule has 0 saturated carbocycles. The lowest BCUT2D eigenvalue weighted by Gasteiger charge is -2.36. The molecule has 1 saturated heterocycles. The van der Waals surface area contributed by atoms with E-state index in [1.54, 1.807) is 0 Å². The first-order chi connectivity index (χ1) is 9.93. The van der Waals surface area contributed by atoms with Crippen LogP contribution in [0.1, 0.15) is 40.0 Å². The van der Waals surface area contributed by atoms with E-state index in [9.17, 15) is 9.59 Å². The molecule has 0 aliphatic carbocycles. The summed E-state index contributed by atoms with van der Waals surface area (Å²) in [6.45, 7) is 7.55. The van der Waals surface area contributed by atoms with E-state index < -0.39 is 5.97 Å². The number of nitrogens with one attached hydrogen (secondary N) is 1. The van der Waals surface area contributed by atoms with Crippen molar-refractivity contribution in [2.24, 2.45) is 11.8 Å². The van der Waals surface area contributed by atoms with Gasteiger partial charge in [-0.05, 0) is 37.4 Å². The van der Waals surface area contributed by atoms with E-state index in [-0.39, 0.29) is 24.4 Å². The Balaban J connectivity index is 2.44. The van der Waals surface area contributed by atoms with Crippen molar-refractivity contribution in [2.75, 3.05) is 24.6 Å². The van der Waals surface area contributed by atoms with Crippen LogP contribution in [0.15, 0.2) is 0 Å². The molecule has 122 valence electrons. The van der Waals surface area contributed by atoms with E-state index in [4.69, 9.17) is 5.11 Å². The maximum absolute atomic E-state index is 12.3. The van der Waals surface area contributed by atoms with Gasteiger partial charge in [-0.2, -0.15) is 11.8 Å². The second-order valence-corrected chi connectivity index (χ2v) is 7.25. The Morgan fingerprint density at radius 1 is 1.43 bits per heavy atom. The van der Waals surface area contributed by atoms with Crippen molar-refractivity contribution in [1.29, 1.82) is 0 Å². The maximum atomic E-state index is 12.3. The zero-order valence-electron chi connectivity index (χ0n) is 13.3. The molecule has 0 aromatic heterocycles. The van der Waals surface area contributed by atoms with Crippen LogP contribution in [0.3, 0.4) is 0 Å². The van der Waals surface area contributed by atoms with E-state index in [0.29, 0.717) is 12.5 Å². The van der Waals surface area contributed by atoms with Gasteiger partial charge >= 0.3 is 12.0 Å². The van der Waals surface area contributed by atoms with Crippen molar-refractivity contribution in [2.45, 2.75) is 46.1 Å². The lowest BCUT2D eigenvalue weighted by atomic mass is 9.85. The topological polar surface area (TPSA) is 69.6 Å². The highest BCUT2D eigenvalue weighted by Gasteiger charge is 2.28. The van der Waals surface area contributed by atoms with E-state index in [0.717, 1.165) is 30.9 Å². The molecule has 0 bridgehead atoms. The molecule has 0 aromatic rings. The number of thioether (sulfide) groups is 1. The minimum Gasteiger partial charge on any atom is -0.481 e. The van der Waals surface area contributed by atoms with Crippen LogP contribution in [0.5, 0.6) is 0 Å². The molecular weight excluding hydrogens is 288 g/mol. The number of aliphatic carboxylic acids is 1. The van der Waals surface area contributed by atoms with Gasteiger partial charge in [0, 0.05) is 31.3 Å². The third-order valence-electron chi connectivity index (χ3n) is 3.99. The van der Waals surface area contributed by atoms with Gasteiger partial charge in [0.2, 0.25) is 0 Å². The van der Waals surface area contributed by atoms with Crippen LogP contribution in [-0.2, 0) is 4.79 Å². The number of carbonyl (C=O) groups is 2. The second-order valence-electron chi connectivity index (χ2n) is 5.93. The molecule has 1 fully saturated rings. The predicted octanol–water partition coefficient (Wildman–Crippen LogP) is 2.66. The number of hydrogen-bond acceptors (Lipinski definition) is 3. The summed E-state index contributed by atoms with van der Waals surface area (Å²) >= 11 is 1.82. The summed E-state index contributed by atoms with van der Waals surface area (Å²) in [5.74, 6) is 1.63. The summed E-state index contributed by atoms with van der Waals surface area (Å²) in [6.07, 6.45) is 2.16. The fraction of sp³-hybridized carbons (Fsp3) is 0.867. The molecule has 2 N–H and O–H groups in total. The smallest absolute Gasteiger partial charge is 0.317 e. The number of amides is 2. The summed E-state index contributed by atoms with van der Waals surface area (Å²) in [5.41, 5.74) is 0. The second kappa shape index (κ2) is 9.18. The third-order valence-corrected chi connectivity index (χ3v) is 5.13. The molecular formula is C15H28N2O3S. The number of carboxylic acids is 1. The average Bonchev–Trinajstić information content (AvgIpc) is 2.44. The Morgan fingerprint density at radius 2 is 2.14 bits per heavy atom. The number of carbonyl (C=O) groups excluding carboxylic acids is 1. The SMILES string of the molecule is CCSCC(C)NC(=O)N1CCCC(C(C)CC(=O)O)C1. The lowest BCUT2D eigenvalue weighted by molar-refractivity contribution is -0.138. The van der Waals surface area contributed by atoms with Crippen LogP contribution >= 0.6 is 11.8 Å². The molecule has 5 nitrogen and oxygen atoms in total.